The first kappa shape index (κ1) is 25.6. The summed E-state index contributed by atoms with van der Waals surface area (Å²) in [7, 11) is -4.96. The highest BCUT2D eigenvalue weighted by molar-refractivity contribution is 14.1. The Morgan fingerprint density at radius 1 is 1.07 bits per heavy atom. The molecule has 0 saturated heterocycles. The molecule has 0 aromatic heterocycles. The molecule has 30 heavy (non-hydrogen) atoms. The fourth-order valence-corrected chi connectivity index (χ4v) is 5.06. The molecule has 0 atom stereocenters. The lowest BCUT2D eigenvalue weighted by Crippen LogP contribution is -2.14. The second kappa shape index (κ2) is 10.8. The minimum absolute atomic E-state index is 0.0649. The molecular formula is C17H11F2I3O7S. The molecule has 0 spiro atoms. The average molecular weight is 778 g/mol. The van der Waals surface area contributed by atoms with Gasteiger partial charge in [0.05, 0.1) is 12.2 Å². The van der Waals surface area contributed by atoms with Crippen molar-refractivity contribution in [2.24, 2.45) is 0 Å². The minimum atomic E-state index is -4.96. The van der Waals surface area contributed by atoms with E-state index >= 15 is 0 Å². The fourth-order valence-electron chi connectivity index (χ4n) is 2.13. The van der Waals surface area contributed by atoms with Crippen LogP contribution in [0.25, 0.3) is 0 Å². The van der Waals surface area contributed by atoms with Crippen molar-refractivity contribution in [3.8, 4) is 5.75 Å². The summed E-state index contributed by atoms with van der Waals surface area (Å²) in [5, 5.41) is 0. The van der Waals surface area contributed by atoms with Crippen LogP contribution in [0.15, 0.2) is 29.2 Å². The predicted molar refractivity (Wildman–Crippen MR) is 126 cm³/mol. The lowest BCUT2D eigenvalue weighted by molar-refractivity contribution is -0.134. The van der Waals surface area contributed by atoms with Crippen LogP contribution in [-0.4, -0.2) is 31.5 Å². The molecule has 0 amide bonds. The van der Waals surface area contributed by atoms with E-state index < -0.39 is 44.3 Å². The molecular weight excluding hydrogens is 767 g/mol. The quantitative estimate of drug-likeness (QED) is 0.110. The van der Waals surface area contributed by atoms with Gasteiger partial charge in [-0.05, 0) is 98.5 Å². The first-order valence-electron chi connectivity index (χ1n) is 7.89. The minimum Gasteiger partial charge on any atom is -0.462 e. The third kappa shape index (κ3) is 6.67. The van der Waals surface area contributed by atoms with Crippen LogP contribution in [0.5, 0.6) is 5.75 Å². The number of carbonyl (C=O) groups excluding carboxylic acids is 2. The third-order valence-corrected chi connectivity index (χ3v) is 8.02. The molecule has 0 saturated carbocycles. The van der Waals surface area contributed by atoms with Crippen LogP contribution in [-0.2, 0) is 19.6 Å². The number of halogens is 5. The Balaban J connectivity index is 1.91. The van der Waals surface area contributed by atoms with E-state index in [1.54, 1.807) is 6.07 Å². The molecule has 0 bridgehead atoms. The maximum absolute atomic E-state index is 13.8. The number of esters is 2. The van der Waals surface area contributed by atoms with E-state index in [9.17, 15) is 26.8 Å². The fraction of sp³-hybridized carbons (Fsp3) is 0.176. The van der Waals surface area contributed by atoms with E-state index in [1.165, 1.54) is 0 Å². The standard InChI is InChI=1S/C17H11F2I3O7S/c18-14-11(3-4-12(15(14)19)30(25,26)27)29-13(23)2-1-5-28-17(24)9-6-8(20)7-10(21)16(9)22/h3-4,6-7H,1-2,5H2,(H,25,26,27). The molecule has 2 aromatic rings. The number of benzene rings is 2. The van der Waals surface area contributed by atoms with Crippen molar-refractivity contribution < 1.29 is 40.8 Å². The van der Waals surface area contributed by atoms with Gasteiger partial charge in [-0.2, -0.15) is 12.8 Å². The smallest absolute Gasteiger partial charge is 0.339 e. The van der Waals surface area contributed by atoms with Crippen LogP contribution < -0.4 is 4.74 Å². The van der Waals surface area contributed by atoms with Crippen molar-refractivity contribution in [2.75, 3.05) is 6.61 Å². The molecule has 13 heteroatoms. The van der Waals surface area contributed by atoms with Crippen molar-refractivity contribution in [2.45, 2.75) is 17.7 Å². The summed E-state index contributed by atoms with van der Waals surface area (Å²) in [5.74, 6) is -5.92. The molecule has 2 aromatic carbocycles. The number of carbonyl (C=O) groups is 2. The van der Waals surface area contributed by atoms with Crippen LogP contribution in [0.3, 0.4) is 0 Å². The van der Waals surface area contributed by atoms with Gasteiger partial charge in [-0.3, -0.25) is 9.35 Å². The zero-order chi connectivity index (χ0) is 22.6. The maximum Gasteiger partial charge on any atom is 0.339 e. The van der Waals surface area contributed by atoms with Gasteiger partial charge in [0.1, 0.15) is 4.90 Å². The number of ether oxygens (including phenoxy) is 2. The molecule has 0 radical (unpaired) electrons. The van der Waals surface area contributed by atoms with E-state index in [-0.39, 0.29) is 19.4 Å². The Morgan fingerprint density at radius 2 is 1.73 bits per heavy atom. The van der Waals surface area contributed by atoms with Crippen molar-refractivity contribution in [1.82, 2.24) is 0 Å². The lowest BCUT2D eigenvalue weighted by Gasteiger charge is -2.09. The van der Waals surface area contributed by atoms with Gasteiger partial charge >= 0.3 is 11.9 Å². The molecule has 162 valence electrons. The molecule has 0 aliphatic carbocycles. The van der Waals surface area contributed by atoms with E-state index in [1.807, 2.05) is 28.7 Å². The van der Waals surface area contributed by atoms with E-state index in [0.717, 1.165) is 10.7 Å². The summed E-state index contributed by atoms with van der Waals surface area (Å²) in [6.07, 6.45) is -0.204. The molecule has 0 aliphatic heterocycles. The molecule has 0 fully saturated rings. The summed E-state index contributed by atoms with van der Waals surface area (Å²) >= 11 is 6.20. The Morgan fingerprint density at radius 3 is 2.37 bits per heavy atom. The molecule has 0 unspecified atom stereocenters. The predicted octanol–water partition coefficient (Wildman–Crippen LogP) is 4.57. The van der Waals surface area contributed by atoms with Gasteiger partial charge in [-0.15, -0.1) is 0 Å². The van der Waals surface area contributed by atoms with Crippen LogP contribution >= 0.6 is 67.8 Å². The molecule has 2 rings (SSSR count). The Labute approximate surface area is 211 Å². The molecule has 1 N–H and O–H groups in total. The largest absolute Gasteiger partial charge is 0.462 e. The van der Waals surface area contributed by atoms with Crippen molar-refractivity contribution in [3.05, 3.63) is 52.2 Å². The van der Waals surface area contributed by atoms with E-state index in [4.69, 9.17) is 9.29 Å². The normalized spacial score (nSPS) is 11.3. The SMILES string of the molecule is O=C(CCCOC(=O)c1cc(I)cc(I)c1I)Oc1ccc(S(=O)(=O)O)c(F)c1F. The molecule has 0 heterocycles. The van der Waals surface area contributed by atoms with Crippen LogP contribution in [0.2, 0.25) is 0 Å². The highest BCUT2D eigenvalue weighted by Crippen LogP contribution is 2.26. The summed E-state index contributed by atoms with van der Waals surface area (Å²) in [6.45, 7) is -0.107. The van der Waals surface area contributed by atoms with Gasteiger partial charge in [0.25, 0.3) is 10.1 Å². The number of hydrogen-bond donors (Lipinski definition) is 1. The zero-order valence-electron chi connectivity index (χ0n) is 14.6. The summed E-state index contributed by atoms with van der Waals surface area (Å²) in [4.78, 5) is 22.7. The monoisotopic (exact) mass is 778 g/mol. The lowest BCUT2D eigenvalue weighted by atomic mass is 10.2. The number of rotatable bonds is 7. The van der Waals surface area contributed by atoms with Crippen molar-refractivity contribution >= 4 is 89.8 Å². The van der Waals surface area contributed by atoms with Crippen LogP contribution in [0.1, 0.15) is 23.2 Å². The van der Waals surface area contributed by atoms with Gasteiger partial charge in [0, 0.05) is 17.1 Å². The summed E-state index contributed by atoms with van der Waals surface area (Å²) in [6, 6.07) is 4.86. The van der Waals surface area contributed by atoms with Gasteiger partial charge in [-0.25, -0.2) is 9.18 Å². The van der Waals surface area contributed by atoms with Gasteiger partial charge in [0.2, 0.25) is 5.82 Å². The summed E-state index contributed by atoms with van der Waals surface area (Å²) < 4.78 is 70.5. The molecule has 0 aliphatic rings. The van der Waals surface area contributed by atoms with Crippen LogP contribution in [0, 0.1) is 22.3 Å². The Kier molecular flexibility index (Phi) is 9.19. The first-order chi connectivity index (χ1) is 13.9. The maximum atomic E-state index is 13.8. The first-order valence-corrected chi connectivity index (χ1v) is 12.6. The van der Waals surface area contributed by atoms with Gasteiger partial charge < -0.3 is 9.47 Å². The van der Waals surface area contributed by atoms with Gasteiger partial charge in [-0.1, -0.05) is 0 Å². The van der Waals surface area contributed by atoms with E-state index in [2.05, 4.69) is 49.9 Å². The molecule has 7 nitrogen and oxygen atoms in total. The highest BCUT2D eigenvalue weighted by atomic mass is 127. The Bertz CT molecular complexity index is 1110. The second-order valence-corrected chi connectivity index (χ2v) is 10.5. The van der Waals surface area contributed by atoms with E-state index in [0.29, 0.717) is 17.7 Å². The Hall–Kier alpha value is -0.660. The highest BCUT2D eigenvalue weighted by Gasteiger charge is 2.23. The topological polar surface area (TPSA) is 107 Å². The van der Waals surface area contributed by atoms with Crippen molar-refractivity contribution in [3.63, 3.8) is 0 Å². The van der Waals surface area contributed by atoms with Crippen molar-refractivity contribution in [1.29, 1.82) is 0 Å². The van der Waals surface area contributed by atoms with Crippen LogP contribution in [0.4, 0.5) is 8.78 Å². The summed E-state index contributed by atoms with van der Waals surface area (Å²) in [5.41, 5.74) is 0.394. The zero-order valence-corrected chi connectivity index (χ0v) is 21.9. The third-order valence-electron chi connectivity index (χ3n) is 3.48. The average Bonchev–Trinajstić information content (AvgIpc) is 2.64. The second-order valence-electron chi connectivity index (χ2n) is 5.63. The van der Waals surface area contributed by atoms with Gasteiger partial charge in [0.15, 0.2) is 11.6 Å². The number of hydrogen-bond acceptors (Lipinski definition) is 6.